The molecule has 0 amide bonds. The molecule has 0 aliphatic heterocycles. The van der Waals surface area contributed by atoms with Crippen LogP contribution in [0.5, 0.6) is 5.75 Å². The number of carbonyl (C=O) groups excluding carboxylic acids is 1. The fourth-order valence-corrected chi connectivity index (χ4v) is 6.62. The number of nitrogens with zero attached hydrogens (tertiary/aromatic N) is 1. The Hall–Kier alpha value is -6.45. The molecule has 8 aromatic carbocycles. The fourth-order valence-electron chi connectivity index (χ4n) is 6.62. The van der Waals surface area contributed by atoms with E-state index in [9.17, 15) is 4.79 Å². The molecule has 48 heavy (non-hydrogen) atoms. The summed E-state index contributed by atoms with van der Waals surface area (Å²) in [6.45, 7) is 3.48. The van der Waals surface area contributed by atoms with Crippen molar-refractivity contribution in [2.75, 3.05) is 4.90 Å². The van der Waals surface area contributed by atoms with Crippen LogP contribution in [0.3, 0.4) is 0 Å². The first kappa shape index (κ1) is 29.0. The zero-order chi connectivity index (χ0) is 32.5. The zero-order valence-corrected chi connectivity index (χ0v) is 26.2. The van der Waals surface area contributed by atoms with Crippen LogP contribution in [0.2, 0.25) is 0 Å². The van der Waals surface area contributed by atoms with Gasteiger partial charge in [0.15, 0.2) is 0 Å². The van der Waals surface area contributed by atoms with E-state index < -0.39 is 5.97 Å². The molecule has 0 aliphatic carbocycles. The van der Waals surface area contributed by atoms with Crippen molar-refractivity contribution in [1.29, 1.82) is 0 Å². The van der Waals surface area contributed by atoms with Crippen molar-refractivity contribution in [3.63, 3.8) is 0 Å². The van der Waals surface area contributed by atoms with Gasteiger partial charge >= 0.3 is 5.97 Å². The number of ether oxygens (including phenoxy) is 1. The largest absolute Gasteiger partial charge is 0.423 e. The van der Waals surface area contributed by atoms with Gasteiger partial charge in [0.25, 0.3) is 0 Å². The third-order valence-electron chi connectivity index (χ3n) is 8.86. The Morgan fingerprint density at radius 3 is 1.81 bits per heavy atom. The zero-order valence-electron chi connectivity index (χ0n) is 26.2. The Labute approximate surface area is 279 Å². The number of benzene rings is 8. The molecule has 0 saturated carbocycles. The van der Waals surface area contributed by atoms with Crippen molar-refractivity contribution in [3.05, 3.63) is 193 Å². The van der Waals surface area contributed by atoms with E-state index in [-0.39, 0.29) is 0 Å². The molecule has 0 atom stereocenters. The summed E-state index contributed by atoms with van der Waals surface area (Å²) in [5, 5.41) is 7.58. The second-order valence-corrected chi connectivity index (χ2v) is 11.8. The van der Waals surface area contributed by atoms with Gasteiger partial charge in [0.2, 0.25) is 0 Å². The first-order valence-electron chi connectivity index (χ1n) is 16.0. The van der Waals surface area contributed by atoms with Crippen molar-refractivity contribution in [2.24, 2.45) is 0 Å². The lowest BCUT2D eigenvalue weighted by molar-refractivity contribution is -0.128. The highest BCUT2D eigenvalue weighted by Crippen LogP contribution is 2.43. The molecule has 0 saturated heterocycles. The second-order valence-electron chi connectivity index (χ2n) is 11.8. The molecule has 228 valence electrons. The molecular formula is C45H31NO2. The van der Waals surface area contributed by atoms with Gasteiger partial charge in [-0.3, -0.25) is 0 Å². The van der Waals surface area contributed by atoms with Gasteiger partial charge in [-0.25, -0.2) is 4.79 Å². The Bertz CT molecular complexity index is 2410. The van der Waals surface area contributed by atoms with Crippen LogP contribution in [-0.2, 0) is 4.79 Å². The van der Waals surface area contributed by atoms with E-state index in [0.29, 0.717) is 5.75 Å². The smallest absolute Gasteiger partial charge is 0.335 e. The number of esters is 1. The molecule has 0 unspecified atom stereocenters. The first-order valence-corrected chi connectivity index (χ1v) is 16.0. The van der Waals surface area contributed by atoms with Gasteiger partial charge in [-0.1, -0.05) is 128 Å². The average Bonchev–Trinajstić information content (AvgIpc) is 3.15. The van der Waals surface area contributed by atoms with E-state index >= 15 is 0 Å². The normalized spacial score (nSPS) is 11.6. The summed E-state index contributed by atoms with van der Waals surface area (Å²) in [5.41, 5.74) is 7.55. The van der Waals surface area contributed by atoms with Crippen LogP contribution in [0.1, 0.15) is 16.7 Å². The van der Waals surface area contributed by atoms with Gasteiger partial charge < -0.3 is 9.64 Å². The van der Waals surface area contributed by atoms with Crippen LogP contribution in [0.15, 0.2) is 176 Å². The maximum Gasteiger partial charge on any atom is 0.335 e. The minimum absolute atomic E-state index is 0.478. The molecule has 0 fully saturated rings. The summed E-state index contributed by atoms with van der Waals surface area (Å²) in [4.78, 5) is 14.1. The van der Waals surface area contributed by atoms with Gasteiger partial charge in [-0.15, -0.1) is 0 Å². The van der Waals surface area contributed by atoms with E-state index in [1.165, 1.54) is 32.3 Å². The van der Waals surface area contributed by atoms with Gasteiger partial charge in [-0.05, 0) is 97.7 Å². The molecule has 0 spiro atoms. The Morgan fingerprint density at radius 2 is 1.12 bits per heavy atom. The summed E-state index contributed by atoms with van der Waals surface area (Å²) in [6, 6.07) is 57.2. The quantitative estimate of drug-likeness (QED) is 0.0558. The molecule has 8 aromatic rings. The lowest BCUT2D eigenvalue weighted by Gasteiger charge is -2.27. The molecule has 0 bridgehead atoms. The number of para-hydroxylation sites is 1. The van der Waals surface area contributed by atoms with Gasteiger partial charge in [0.1, 0.15) is 5.75 Å². The summed E-state index contributed by atoms with van der Waals surface area (Å²) in [6.07, 6.45) is 3.36. The lowest BCUT2D eigenvalue weighted by atomic mass is 9.93. The van der Waals surface area contributed by atoms with Crippen molar-refractivity contribution >= 4 is 67.0 Å². The highest BCUT2D eigenvalue weighted by Gasteiger charge is 2.18. The van der Waals surface area contributed by atoms with E-state index in [1.807, 2.05) is 42.5 Å². The summed E-state index contributed by atoms with van der Waals surface area (Å²) >= 11 is 0. The minimum Gasteiger partial charge on any atom is -0.423 e. The Balaban J connectivity index is 1.22. The molecule has 0 heterocycles. The summed E-state index contributed by atoms with van der Waals surface area (Å²) in [5.74, 6) is 0.00140. The van der Waals surface area contributed by atoms with E-state index in [1.54, 1.807) is 0 Å². The Morgan fingerprint density at radius 1 is 0.542 bits per heavy atom. The highest BCUT2D eigenvalue weighted by molar-refractivity contribution is 6.25. The number of carbonyl (C=O) groups is 1. The number of hydrogen-bond donors (Lipinski definition) is 0. The summed E-state index contributed by atoms with van der Waals surface area (Å²) < 4.78 is 5.31. The van der Waals surface area contributed by atoms with Gasteiger partial charge in [-0.2, -0.15) is 0 Å². The highest BCUT2D eigenvalue weighted by atomic mass is 16.5. The fraction of sp³-hybridized carbons (Fsp3) is 0. The lowest BCUT2D eigenvalue weighted by Crippen LogP contribution is -2.10. The maximum atomic E-state index is 11.7. The van der Waals surface area contributed by atoms with E-state index in [0.717, 1.165) is 45.4 Å². The second kappa shape index (κ2) is 12.4. The monoisotopic (exact) mass is 617 g/mol. The molecule has 0 aliphatic rings. The van der Waals surface area contributed by atoms with Gasteiger partial charge in [0.05, 0.1) is 5.69 Å². The molecule has 0 aromatic heterocycles. The maximum absolute atomic E-state index is 11.7. The SMILES string of the molecule is C=CC(=O)Oc1ccc(C(=Cc2ccc(N(c3ccccc3)c3ccc4ccc5cccc6ccc3c4c56)cc2)c2ccccc2)cc1. The molecular weight excluding hydrogens is 587 g/mol. The molecule has 8 rings (SSSR count). The first-order chi connectivity index (χ1) is 23.7. The topological polar surface area (TPSA) is 29.5 Å². The molecule has 3 nitrogen and oxygen atoms in total. The van der Waals surface area contributed by atoms with E-state index in [4.69, 9.17) is 4.74 Å². The third kappa shape index (κ3) is 5.38. The van der Waals surface area contributed by atoms with Crippen LogP contribution in [-0.4, -0.2) is 5.97 Å². The van der Waals surface area contributed by atoms with Crippen LogP contribution in [0.4, 0.5) is 17.1 Å². The number of anilines is 3. The van der Waals surface area contributed by atoms with Crippen LogP contribution in [0.25, 0.3) is 44.0 Å². The minimum atomic E-state index is -0.478. The molecule has 0 N–H and O–H groups in total. The van der Waals surface area contributed by atoms with Crippen molar-refractivity contribution < 1.29 is 9.53 Å². The van der Waals surface area contributed by atoms with Crippen molar-refractivity contribution in [1.82, 2.24) is 0 Å². The average molecular weight is 618 g/mol. The predicted octanol–water partition coefficient (Wildman–Crippen LogP) is 11.7. The van der Waals surface area contributed by atoms with Crippen molar-refractivity contribution in [2.45, 2.75) is 0 Å². The predicted molar refractivity (Wildman–Crippen MR) is 201 cm³/mol. The van der Waals surface area contributed by atoms with Gasteiger partial charge in [0, 0.05) is 22.8 Å². The standard InChI is InChI=1S/C45H31NO2/c1-2-43(47)48-39-26-20-33(21-27-39)41(32-10-5-3-6-11-32)30-31-16-24-38(25-17-31)46(37-14-7-4-8-15-37)42-29-23-36-19-18-34-12-9-13-35-22-28-40(42)45(36)44(34)35/h2-30H,1H2. The number of rotatable bonds is 8. The van der Waals surface area contributed by atoms with Crippen LogP contribution >= 0.6 is 0 Å². The van der Waals surface area contributed by atoms with E-state index in [2.05, 4.69) is 139 Å². The third-order valence-corrected chi connectivity index (χ3v) is 8.86. The van der Waals surface area contributed by atoms with Crippen LogP contribution in [0, 0.1) is 0 Å². The Kier molecular flexibility index (Phi) is 7.48. The number of hydrogen-bond acceptors (Lipinski definition) is 3. The van der Waals surface area contributed by atoms with Crippen molar-refractivity contribution in [3.8, 4) is 5.75 Å². The molecule has 0 radical (unpaired) electrons. The van der Waals surface area contributed by atoms with Crippen LogP contribution < -0.4 is 9.64 Å². The summed E-state index contributed by atoms with van der Waals surface area (Å²) in [7, 11) is 0. The molecule has 3 heteroatoms.